The summed E-state index contributed by atoms with van der Waals surface area (Å²) in [6, 6.07) is 11.7. The zero-order chi connectivity index (χ0) is 14.5. The molecule has 2 aromatic rings. The monoisotopic (exact) mass is 270 g/mol. The largest absolute Gasteiger partial charge is 0.377 e. The zero-order valence-corrected chi connectivity index (χ0v) is 12.1. The number of hydrogen-bond acceptors (Lipinski definition) is 2. The van der Waals surface area contributed by atoms with Crippen LogP contribution in [0.4, 0.5) is 11.4 Å². The first kappa shape index (κ1) is 14.1. The van der Waals surface area contributed by atoms with E-state index in [1.165, 1.54) is 0 Å². The van der Waals surface area contributed by atoms with Crippen LogP contribution >= 0.6 is 0 Å². The molecule has 0 atom stereocenters. The van der Waals surface area contributed by atoms with E-state index in [1.54, 1.807) is 0 Å². The van der Waals surface area contributed by atoms with E-state index >= 15 is 0 Å². The van der Waals surface area contributed by atoms with Crippen molar-refractivity contribution in [1.29, 1.82) is 0 Å². The Hall–Kier alpha value is -2.36. The van der Waals surface area contributed by atoms with Crippen molar-refractivity contribution in [2.75, 3.05) is 24.3 Å². The van der Waals surface area contributed by atoms with Gasteiger partial charge in [0.25, 0.3) is 5.91 Å². The van der Waals surface area contributed by atoms with Crippen LogP contribution in [0.15, 0.2) is 48.8 Å². The lowest BCUT2D eigenvalue weighted by Crippen LogP contribution is -2.39. The number of nitrogens with one attached hydrogen (secondary N) is 1. The van der Waals surface area contributed by atoms with Gasteiger partial charge in [-0.1, -0.05) is 18.2 Å². The average Bonchev–Trinajstić information content (AvgIpc) is 2.42. The topological polar surface area (TPSA) is 36.2 Å². The second-order valence-electron chi connectivity index (χ2n) is 4.99. The first-order valence-electron chi connectivity index (χ1n) is 6.58. The Labute approximate surface area is 119 Å². The molecule has 4 heteroatoms. The van der Waals surface area contributed by atoms with Gasteiger partial charge in [-0.15, -0.1) is 0 Å². The minimum Gasteiger partial charge on any atom is -0.377 e. The first-order valence-corrected chi connectivity index (χ1v) is 6.58. The lowest BCUT2D eigenvalue weighted by Gasteiger charge is -2.10. The van der Waals surface area contributed by atoms with E-state index in [1.807, 2.05) is 79.3 Å². The molecule has 4 nitrogen and oxygen atoms in total. The number of nitrogens with zero attached hydrogens (tertiary/aromatic N) is 2. The van der Waals surface area contributed by atoms with Gasteiger partial charge in [0.2, 0.25) is 6.54 Å². The van der Waals surface area contributed by atoms with Gasteiger partial charge in [0.15, 0.2) is 12.4 Å². The predicted molar refractivity (Wildman–Crippen MR) is 80.8 cm³/mol. The van der Waals surface area contributed by atoms with Crippen molar-refractivity contribution in [3.63, 3.8) is 0 Å². The molecule has 1 N–H and O–H groups in total. The number of carbonyl (C=O) groups excluding carboxylic acids is 1. The summed E-state index contributed by atoms with van der Waals surface area (Å²) in [6.45, 7) is 2.29. The third-order valence-corrected chi connectivity index (χ3v) is 3.14. The second-order valence-corrected chi connectivity index (χ2v) is 4.99. The second kappa shape index (κ2) is 6.19. The van der Waals surface area contributed by atoms with Gasteiger partial charge >= 0.3 is 0 Å². The summed E-state index contributed by atoms with van der Waals surface area (Å²) in [5.41, 5.74) is 3.04. The summed E-state index contributed by atoms with van der Waals surface area (Å²) < 4.78 is 1.86. The van der Waals surface area contributed by atoms with Crippen LogP contribution in [0.25, 0.3) is 0 Å². The molecule has 1 aromatic carbocycles. The molecular formula is C16H20N3O+. The molecule has 2 rings (SSSR count). The van der Waals surface area contributed by atoms with Gasteiger partial charge in [-0.2, -0.15) is 4.57 Å². The molecule has 0 saturated heterocycles. The summed E-state index contributed by atoms with van der Waals surface area (Å²) in [5, 5.41) is 2.93. The average molecular weight is 270 g/mol. The van der Waals surface area contributed by atoms with E-state index in [9.17, 15) is 4.79 Å². The molecule has 0 aliphatic carbocycles. The highest BCUT2D eigenvalue weighted by Gasteiger charge is 2.10. The normalized spacial score (nSPS) is 10.2. The van der Waals surface area contributed by atoms with Gasteiger partial charge in [-0.3, -0.25) is 4.79 Å². The third kappa shape index (κ3) is 3.57. The highest BCUT2D eigenvalue weighted by molar-refractivity contribution is 5.90. The smallest absolute Gasteiger partial charge is 0.290 e. The SMILES string of the molecule is Cc1ccccc1NC(=O)C[n+]1ccc(N(C)C)cc1. The summed E-state index contributed by atoms with van der Waals surface area (Å²) in [7, 11) is 3.98. The van der Waals surface area contributed by atoms with Crippen molar-refractivity contribution in [1.82, 2.24) is 0 Å². The molecule has 1 amide bonds. The predicted octanol–water partition coefficient (Wildman–Crippen LogP) is 1.99. The molecule has 20 heavy (non-hydrogen) atoms. The number of amides is 1. The maximum Gasteiger partial charge on any atom is 0.290 e. The quantitative estimate of drug-likeness (QED) is 0.863. The van der Waals surface area contributed by atoms with Crippen molar-refractivity contribution in [2.45, 2.75) is 13.5 Å². The van der Waals surface area contributed by atoms with Crippen molar-refractivity contribution in [2.24, 2.45) is 0 Å². The summed E-state index contributed by atoms with van der Waals surface area (Å²) in [4.78, 5) is 14.0. The van der Waals surface area contributed by atoms with Crippen LogP contribution < -0.4 is 14.8 Å². The molecule has 0 bridgehead atoms. The molecular weight excluding hydrogens is 250 g/mol. The van der Waals surface area contributed by atoms with E-state index in [2.05, 4.69) is 5.32 Å². The van der Waals surface area contributed by atoms with Gasteiger partial charge < -0.3 is 10.2 Å². The fourth-order valence-corrected chi connectivity index (χ4v) is 1.92. The standard InChI is InChI=1S/C16H19N3O/c1-13-6-4-5-7-15(13)17-16(20)12-19-10-8-14(9-11-19)18(2)3/h4-11H,12H2,1-3H3/p+1. The van der Waals surface area contributed by atoms with E-state index in [0.717, 1.165) is 16.9 Å². The van der Waals surface area contributed by atoms with Crippen molar-refractivity contribution < 1.29 is 9.36 Å². The fourth-order valence-electron chi connectivity index (χ4n) is 1.92. The van der Waals surface area contributed by atoms with Gasteiger partial charge in [-0.05, 0) is 18.6 Å². The van der Waals surface area contributed by atoms with Crippen LogP contribution in [0.3, 0.4) is 0 Å². The molecule has 0 aliphatic heterocycles. The van der Waals surface area contributed by atoms with Crippen LogP contribution in [0.2, 0.25) is 0 Å². The molecule has 1 heterocycles. The van der Waals surface area contributed by atoms with Gasteiger partial charge in [0.1, 0.15) is 0 Å². The summed E-state index contributed by atoms with van der Waals surface area (Å²) in [5.74, 6) is -0.0260. The number of pyridine rings is 1. The number of benzene rings is 1. The van der Waals surface area contributed by atoms with E-state index in [-0.39, 0.29) is 5.91 Å². The molecule has 1 aromatic heterocycles. The Balaban J connectivity index is 1.99. The molecule has 0 saturated carbocycles. The maximum atomic E-state index is 12.0. The van der Waals surface area contributed by atoms with E-state index in [0.29, 0.717) is 6.54 Å². The lowest BCUT2D eigenvalue weighted by molar-refractivity contribution is -0.684. The molecule has 0 spiro atoms. The van der Waals surface area contributed by atoms with Crippen LogP contribution in [0.1, 0.15) is 5.56 Å². The zero-order valence-electron chi connectivity index (χ0n) is 12.1. The molecule has 0 unspecified atom stereocenters. The Morgan fingerprint density at radius 3 is 2.40 bits per heavy atom. The number of hydrogen-bond donors (Lipinski definition) is 1. The Bertz CT molecular complexity index is 591. The highest BCUT2D eigenvalue weighted by atomic mass is 16.1. The van der Waals surface area contributed by atoms with Crippen LogP contribution in [-0.2, 0) is 11.3 Å². The number of carbonyl (C=O) groups is 1. The molecule has 0 radical (unpaired) electrons. The van der Waals surface area contributed by atoms with Crippen molar-refractivity contribution in [3.05, 3.63) is 54.4 Å². The van der Waals surface area contributed by atoms with Crippen molar-refractivity contribution in [3.8, 4) is 0 Å². The molecule has 104 valence electrons. The van der Waals surface area contributed by atoms with Crippen LogP contribution in [0.5, 0.6) is 0 Å². The summed E-state index contributed by atoms with van der Waals surface area (Å²) >= 11 is 0. The van der Waals surface area contributed by atoms with Gasteiger partial charge in [0.05, 0.1) is 0 Å². The molecule has 0 aliphatic rings. The van der Waals surface area contributed by atoms with E-state index < -0.39 is 0 Å². The van der Waals surface area contributed by atoms with Crippen LogP contribution in [0, 0.1) is 6.92 Å². The summed E-state index contributed by atoms with van der Waals surface area (Å²) in [6.07, 6.45) is 3.82. The minimum absolute atomic E-state index is 0.0260. The minimum atomic E-state index is -0.0260. The number of aromatic nitrogens is 1. The Kier molecular flexibility index (Phi) is 4.35. The van der Waals surface area contributed by atoms with Gasteiger partial charge in [0, 0.05) is 37.6 Å². The number of aryl methyl sites for hydroxylation is 1. The van der Waals surface area contributed by atoms with E-state index in [4.69, 9.17) is 0 Å². The molecule has 0 fully saturated rings. The number of anilines is 2. The van der Waals surface area contributed by atoms with Gasteiger partial charge in [-0.25, -0.2) is 0 Å². The van der Waals surface area contributed by atoms with Crippen LogP contribution in [-0.4, -0.2) is 20.0 Å². The fraction of sp³-hybridized carbons (Fsp3) is 0.250. The number of para-hydroxylation sites is 1. The lowest BCUT2D eigenvalue weighted by atomic mass is 10.2. The van der Waals surface area contributed by atoms with Crippen molar-refractivity contribution >= 4 is 17.3 Å². The Morgan fingerprint density at radius 2 is 1.80 bits per heavy atom. The third-order valence-electron chi connectivity index (χ3n) is 3.14. The highest BCUT2D eigenvalue weighted by Crippen LogP contribution is 2.12. The first-order chi connectivity index (χ1) is 9.56. The maximum absolute atomic E-state index is 12.0. The number of rotatable bonds is 4. The Morgan fingerprint density at radius 1 is 1.15 bits per heavy atom.